The van der Waals surface area contributed by atoms with Crippen molar-refractivity contribution in [1.29, 1.82) is 0 Å². The van der Waals surface area contributed by atoms with Crippen LogP contribution in [0.25, 0.3) is 0 Å². The highest BCUT2D eigenvalue weighted by Crippen LogP contribution is 2.28. The van der Waals surface area contributed by atoms with Crippen molar-refractivity contribution in [2.45, 2.75) is 31.7 Å². The van der Waals surface area contributed by atoms with E-state index in [-0.39, 0.29) is 11.9 Å². The molecule has 2 N–H and O–H groups in total. The predicted molar refractivity (Wildman–Crippen MR) is 82.1 cm³/mol. The Kier molecular flexibility index (Phi) is 5.33. The van der Waals surface area contributed by atoms with Gasteiger partial charge in [-0.2, -0.15) is 0 Å². The van der Waals surface area contributed by atoms with Crippen LogP contribution in [0.4, 0.5) is 4.79 Å². The van der Waals surface area contributed by atoms with Gasteiger partial charge in [-0.25, -0.2) is 4.79 Å². The monoisotopic (exact) mass is 289 g/mol. The summed E-state index contributed by atoms with van der Waals surface area (Å²) in [5.41, 5.74) is 1.37. The molecule has 5 nitrogen and oxygen atoms in total. The largest absolute Gasteiger partial charge is 0.341 e. The second kappa shape index (κ2) is 7.22. The molecule has 1 saturated heterocycles. The van der Waals surface area contributed by atoms with Crippen LogP contribution in [0.15, 0.2) is 30.3 Å². The number of nitrogens with one attached hydrogen (secondary N) is 2. The Labute approximate surface area is 125 Å². The minimum Gasteiger partial charge on any atom is -0.341 e. The van der Waals surface area contributed by atoms with Crippen molar-refractivity contribution in [3.05, 3.63) is 35.9 Å². The van der Waals surface area contributed by atoms with E-state index in [0.29, 0.717) is 5.92 Å². The summed E-state index contributed by atoms with van der Waals surface area (Å²) < 4.78 is 0. The minimum absolute atomic E-state index is 0.243. The third-order valence-corrected chi connectivity index (χ3v) is 4.19. The standard InChI is InChI=1S/C16H23N3O2/c1-12(15(20)18-16(21)17-2)19-10-8-14(9-11-19)13-6-4-3-5-7-13/h3-7,12,14H,8-11H2,1-2H3,(H2,17,18,20,21)/t12-/m0/s1. The Balaban J connectivity index is 1.86. The normalized spacial score (nSPS) is 18.0. The van der Waals surface area contributed by atoms with Crippen LogP contribution in [0.3, 0.4) is 0 Å². The molecule has 114 valence electrons. The second-order valence-corrected chi connectivity index (χ2v) is 5.47. The number of nitrogens with zero attached hydrogens (tertiary/aromatic N) is 1. The van der Waals surface area contributed by atoms with Gasteiger partial charge in [0, 0.05) is 7.05 Å². The predicted octanol–water partition coefficient (Wildman–Crippen LogP) is 1.71. The quantitative estimate of drug-likeness (QED) is 0.890. The SMILES string of the molecule is CNC(=O)NC(=O)[C@H](C)N1CCC(c2ccccc2)CC1. The fraction of sp³-hybridized carbons (Fsp3) is 0.500. The third kappa shape index (κ3) is 4.04. The molecule has 0 spiro atoms. The summed E-state index contributed by atoms with van der Waals surface area (Å²) in [6.45, 7) is 3.60. The topological polar surface area (TPSA) is 61.4 Å². The van der Waals surface area contributed by atoms with Crippen LogP contribution in [0.2, 0.25) is 0 Å². The van der Waals surface area contributed by atoms with E-state index in [0.717, 1.165) is 25.9 Å². The number of hydrogen-bond donors (Lipinski definition) is 2. The maximum atomic E-state index is 11.9. The summed E-state index contributed by atoms with van der Waals surface area (Å²) in [5, 5.41) is 4.73. The van der Waals surface area contributed by atoms with E-state index in [2.05, 4.69) is 39.8 Å². The molecular weight excluding hydrogens is 266 g/mol. The van der Waals surface area contributed by atoms with Gasteiger partial charge in [0.2, 0.25) is 5.91 Å². The lowest BCUT2D eigenvalue weighted by molar-refractivity contribution is -0.125. The van der Waals surface area contributed by atoms with E-state index < -0.39 is 6.03 Å². The highest BCUT2D eigenvalue weighted by Gasteiger charge is 2.27. The molecule has 0 unspecified atom stereocenters. The number of carbonyl (C=O) groups excluding carboxylic acids is 2. The molecule has 1 aromatic rings. The smallest absolute Gasteiger partial charge is 0.321 e. The molecule has 5 heteroatoms. The highest BCUT2D eigenvalue weighted by molar-refractivity contribution is 5.96. The Bertz CT molecular complexity index is 482. The van der Waals surface area contributed by atoms with Crippen LogP contribution < -0.4 is 10.6 Å². The molecule has 1 atom stereocenters. The van der Waals surface area contributed by atoms with E-state index in [4.69, 9.17) is 0 Å². The zero-order valence-corrected chi connectivity index (χ0v) is 12.6. The van der Waals surface area contributed by atoms with Crippen molar-refractivity contribution in [3.63, 3.8) is 0 Å². The van der Waals surface area contributed by atoms with Gasteiger partial charge in [-0.15, -0.1) is 0 Å². The minimum atomic E-state index is -0.453. The highest BCUT2D eigenvalue weighted by atomic mass is 16.2. The number of urea groups is 1. The molecule has 1 aliphatic rings. The zero-order valence-electron chi connectivity index (χ0n) is 12.6. The molecule has 3 amide bonds. The van der Waals surface area contributed by atoms with Gasteiger partial charge in [-0.1, -0.05) is 30.3 Å². The van der Waals surface area contributed by atoms with Gasteiger partial charge in [0.15, 0.2) is 0 Å². The van der Waals surface area contributed by atoms with E-state index >= 15 is 0 Å². The molecule has 0 saturated carbocycles. The third-order valence-electron chi connectivity index (χ3n) is 4.19. The molecule has 1 heterocycles. The van der Waals surface area contributed by atoms with Crippen molar-refractivity contribution in [2.24, 2.45) is 0 Å². The van der Waals surface area contributed by atoms with Crippen molar-refractivity contribution < 1.29 is 9.59 Å². The molecule has 1 aliphatic heterocycles. The fourth-order valence-electron chi connectivity index (χ4n) is 2.79. The van der Waals surface area contributed by atoms with Gasteiger partial charge in [0.25, 0.3) is 0 Å². The summed E-state index contributed by atoms with van der Waals surface area (Å²) in [4.78, 5) is 25.3. The van der Waals surface area contributed by atoms with Crippen molar-refractivity contribution in [3.8, 4) is 0 Å². The molecule has 2 rings (SSSR count). The molecular formula is C16H23N3O2. The first-order valence-electron chi connectivity index (χ1n) is 7.43. The number of amides is 3. The lowest BCUT2D eigenvalue weighted by atomic mass is 9.89. The summed E-state index contributed by atoms with van der Waals surface area (Å²) in [6.07, 6.45) is 2.09. The molecule has 0 radical (unpaired) electrons. The Morgan fingerprint density at radius 3 is 2.38 bits per heavy atom. The first kappa shape index (κ1) is 15.5. The van der Waals surface area contributed by atoms with Gasteiger partial charge in [-0.3, -0.25) is 15.0 Å². The van der Waals surface area contributed by atoms with Crippen LogP contribution in [-0.2, 0) is 4.79 Å². The van der Waals surface area contributed by atoms with E-state index in [1.165, 1.54) is 12.6 Å². The maximum Gasteiger partial charge on any atom is 0.321 e. The van der Waals surface area contributed by atoms with Gasteiger partial charge < -0.3 is 5.32 Å². The molecule has 1 aromatic carbocycles. The first-order valence-corrected chi connectivity index (χ1v) is 7.43. The summed E-state index contributed by atoms with van der Waals surface area (Å²) >= 11 is 0. The van der Waals surface area contributed by atoms with Crippen molar-refractivity contribution in [2.75, 3.05) is 20.1 Å². The van der Waals surface area contributed by atoms with Crippen LogP contribution >= 0.6 is 0 Å². The van der Waals surface area contributed by atoms with Gasteiger partial charge in [0.1, 0.15) is 0 Å². The first-order chi connectivity index (χ1) is 10.1. The Morgan fingerprint density at radius 2 is 1.81 bits per heavy atom. The average Bonchev–Trinajstić information content (AvgIpc) is 2.55. The van der Waals surface area contributed by atoms with Gasteiger partial charge >= 0.3 is 6.03 Å². The van der Waals surface area contributed by atoms with Crippen LogP contribution in [0.1, 0.15) is 31.2 Å². The van der Waals surface area contributed by atoms with Crippen LogP contribution in [0.5, 0.6) is 0 Å². The Hall–Kier alpha value is -1.88. The zero-order chi connectivity index (χ0) is 15.2. The number of benzene rings is 1. The average molecular weight is 289 g/mol. The molecule has 21 heavy (non-hydrogen) atoms. The lowest BCUT2D eigenvalue weighted by Gasteiger charge is -2.35. The van der Waals surface area contributed by atoms with Crippen molar-refractivity contribution in [1.82, 2.24) is 15.5 Å². The fourth-order valence-corrected chi connectivity index (χ4v) is 2.79. The Morgan fingerprint density at radius 1 is 1.19 bits per heavy atom. The summed E-state index contributed by atoms with van der Waals surface area (Å²) in [6, 6.07) is 9.78. The summed E-state index contributed by atoms with van der Waals surface area (Å²) in [7, 11) is 1.50. The molecule has 0 aromatic heterocycles. The van der Waals surface area contributed by atoms with Crippen molar-refractivity contribution >= 4 is 11.9 Å². The second-order valence-electron chi connectivity index (χ2n) is 5.47. The number of likely N-dealkylation sites (tertiary alicyclic amines) is 1. The number of piperidine rings is 1. The molecule has 1 fully saturated rings. The van der Waals surface area contributed by atoms with E-state index in [9.17, 15) is 9.59 Å². The molecule has 0 bridgehead atoms. The molecule has 0 aliphatic carbocycles. The number of carbonyl (C=O) groups is 2. The van der Waals surface area contributed by atoms with E-state index in [1.807, 2.05) is 13.0 Å². The number of imide groups is 1. The van der Waals surface area contributed by atoms with Crippen LogP contribution in [-0.4, -0.2) is 43.0 Å². The summed E-state index contributed by atoms with van der Waals surface area (Å²) in [5.74, 6) is 0.323. The number of hydrogen-bond acceptors (Lipinski definition) is 3. The lowest BCUT2D eigenvalue weighted by Crippen LogP contribution is -2.50. The number of rotatable bonds is 3. The van der Waals surface area contributed by atoms with E-state index in [1.54, 1.807) is 0 Å². The van der Waals surface area contributed by atoms with Gasteiger partial charge in [0.05, 0.1) is 6.04 Å². The van der Waals surface area contributed by atoms with Crippen LogP contribution in [0, 0.1) is 0 Å². The maximum absolute atomic E-state index is 11.9. The van der Waals surface area contributed by atoms with Gasteiger partial charge in [-0.05, 0) is 44.3 Å².